The van der Waals surface area contributed by atoms with Crippen LogP contribution in [-0.4, -0.2) is 33.0 Å². The highest BCUT2D eigenvalue weighted by Crippen LogP contribution is 2.08. The quantitative estimate of drug-likeness (QED) is 0.583. The standard InChI is InChI=1S/C10H21NO2/c1-4-5-6-10(13-3)7-9(11)8-12-2/h4,9-10H,1,5-8,11H2,2-3H3. The summed E-state index contributed by atoms with van der Waals surface area (Å²) in [7, 11) is 3.37. The van der Waals surface area contributed by atoms with Gasteiger partial charge in [-0.05, 0) is 19.3 Å². The van der Waals surface area contributed by atoms with Gasteiger partial charge in [0.15, 0.2) is 0 Å². The highest BCUT2D eigenvalue weighted by atomic mass is 16.5. The first-order valence-corrected chi connectivity index (χ1v) is 4.62. The van der Waals surface area contributed by atoms with Crippen LogP contribution in [0.25, 0.3) is 0 Å². The van der Waals surface area contributed by atoms with E-state index < -0.39 is 0 Å². The summed E-state index contributed by atoms with van der Waals surface area (Å²) in [6.45, 7) is 4.26. The molecular formula is C10H21NO2. The molecule has 13 heavy (non-hydrogen) atoms. The molecular weight excluding hydrogens is 166 g/mol. The lowest BCUT2D eigenvalue weighted by Gasteiger charge is -2.18. The van der Waals surface area contributed by atoms with E-state index in [1.54, 1.807) is 14.2 Å². The molecule has 0 spiro atoms. The maximum Gasteiger partial charge on any atom is 0.0614 e. The van der Waals surface area contributed by atoms with Crippen LogP contribution in [0.4, 0.5) is 0 Å². The van der Waals surface area contributed by atoms with Gasteiger partial charge in [-0.25, -0.2) is 0 Å². The zero-order valence-electron chi connectivity index (χ0n) is 8.66. The van der Waals surface area contributed by atoms with E-state index in [4.69, 9.17) is 15.2 Å². The molecule has 0 aromatic heterocycles. The van der Waals surface area contributed by atoms with Crippen molar-refractivity contribution in [3.63, 3.8) is 0 Å². The SMILES string of the molecule is C=CCCC(CC(N)COC)OC. The van der Waals surface area contributed by atoms with Crippen LogP contribution in [0.5, 0.6) is 0 Å². The van der Waals surface area contributed by atoms with E-state index in [1.807, 2.05) is 6.08 Å². The molecule has 0 aliphatic rings. The van der Waals surface area contributed by atoms with Gasteiger partial charge in [-0.15, -0.1) is 6.58 Å². The Balaban J connectivity index is 3.61. The van der Waals surface area contributed by atoms with Crippen LogP contribution in [0.1, 0.15) is 19.3 Å². The molecule has 0 aliphatic heterocycles. The number of methoxy groups -OCH3 is 2. The van der Waals surface area contributed by atoms with Crippen molar-refractivity contribution < 1.29 is 9.47 Å². The van der Waals surface area contributed by atoms with Crippen molar-refractivity contribution in [1.29, 1.82) is 0 Å². The first-order valence-electron chi connectivity index (χ1n) is 4.62. The third kappa shape index (κ3) is 6.75. The molecule has 2 atom stereocenters. The fraction of sp³-hybridized carbons (Fsp3) is 0.800. The summed E-state index contributed by atoms with van der Waals surface area (Å²) in [5.74, 6) is 0. The summed E-state index contributed by atoms with van der Waals surface area (Å²) in [6.07, 6.45) is 4.92. The van der Waals surface area contributed by atoms with Gasteiger partial charge >= 0.3 is 0 Å². The van der Waals surface area contributed by atoms with Crippen LogP contribution < -0.4 is 5.73 Å². The van der Waals surface area contributed by atoms with Gasteiger partial charge in [-0.3, -0.25) is 0 Å². The Morgan fingerprint density at radius 2 is 2.15 bits per heavy atom. The summed E-state index contributed by atoms with van der Waals surface area (Å²) in [5, 5.41) is 0. The summed E-state index contributed by atoms with van der Waals surface area (Å²) >= 11 is 0. The molecule has 0 amide bonds. The van der Waals surface area contributed by atoms with Gasteiger partial charge in [-0.2, -0.15) is 0 Å². The summed E-state index contributed by atoms with van der Waals surface area (Å²) in [6, 6.07) is 0.0692. The minimum absolute atomic E-state index is 0.0692. The molecule has 0 aromatic carbocycles. The maximum absolute atomic E-state index is 5.80. The Labute approximate surface area is 80.9 Å². The van der Waals surface area contributed by atoms with Crippen molar-refractivity contribution in [2.75, 3.05) is 20.8 Å². The molecule has 2 N–H and O–H groups in total. The van der Waals surface area contributed by atoms with E-state index >= 15 is 0 Å². The molecule has 0 radical (unpaired) electrons. The first-order chi connectivity index (χ1) is 6.24. The van der Waals surface area contributed by atoms with E-state index in [0.29, 0.717) is 6.61 Å². The summed E-state index contributed by atoms with van der Waals surface area (Å²) in [4.78, 5) is 0. The van der Waals surface area contributed by atoms with Crippen molar-refractivity contribution in [2.45, 2.75) is 31.4 Å². The normalized spacial score (nSPS) is 15.3. The summed E-state index contributed by atoms with van der Waals surface area (Å²) < 4.78 is 10.2. The average Bonchev–Trinajstić information content (AvgIpc) is 2.12. The van der Waals surface area contributed by atoms with Crippen molar-refractivity contribution in [2.24, 2.45) is 5.73 Å². The Bertz CT molecular complexity index is 128. The fourth-order valence-corrected chi connectivity index (χ4v) is 1.26. The minimum Gasteiger partial charge on any atom is -0.383 e. The van der Waals surface area contributed by atoms with E-state index in [-0.39, 0.29) is 12.1 Å². The Kier molecular flexibility index (Phi) is 7.99. The molecule has 0 saturated carbocycles. The zero-order valence-corrected chi connectivity index (χ0v) is 8.66. The second kappa shape index (κ2) is 8.23. The van der Waals surface area contributed by atoms with Gasteiger partial charge in [0, 0.05) is 20.3 Å². The largest absolute Gasteiger partial charge is 0.383 e. The van der Waals surface area contributed by atoms with Crippen molar-refractivity contribution in [3.8, 4) is 0 Å². The first kappa shape index (κ1) is 12.6. The average molecular weight is 187 g/mol. The van der Waals surface area contributed by atoms with Crippen LogP contribution in [0.2, 0.25) is 0 Å². The molecule has 0 rings (SSSR count). The second-order valence-corrected chi connectivity index (χ2v) is 3.17. The van der Waals surface area contributed by atoms with Gasteiger partial charge in [0.2, 0.25) is 0 Å². The third-order valence-electron chi connectivity index (χ3n) is 1.97. The number of rotatable bonds is 8. The monoisotopic (exact) mass is 187 g/mol. The highest BCUT2D eigenvalue weighted by molar-refractivity contribution is 4.73. The fourth-order valence-electron chi connectivity index (χ4n) is 1.26. The Morgan fingerprint density at radius 3 is 2.62 bits per heavy atom. The molecule has 78 valence electrons. The van der Waals surface area contributed by atoms with Crippen LogP contribution in [-0.2, 0) is 9.47 Å². The van der Waals surface area contributed by atoms with Crippen LogP contribution in [0.15, 0.2) is 12.7 Å². The zero-order chi connectivity index (χ0) is 10.1. The molecule has 0 bridgehead atoms. The van der Waals surface area contributed by atoms with Gasteiger partial charge in [-0.1, -0.05) is 6.08 Å². The molecule has 0 fully saturated rings. The van der Waals surface area contributed by atoms with Crippen molar-refractivity contribution in [3.05, 3.63) is 12.7 Å². The number of allylic oxidation sites excluding steroid dienone is 1. The van der Waals surface area contributed by atoms with Crippen LogP contribution in [0.3, 0.4) is 0 Å². The predicted molar refractivity (Wildman–Crippen MR) is 54.7 cm³/mol. The lowest BCUT2D eigenvalue weighted by molar-refractivity contribution is 0.0703. The summed E-state index contributed by atoms with van der Waals surface area (Å²) in [5.41, 5.74) is 5.80. The second-order valence-electron chi connectivity index (χ2n) is 3.17. The van der Waals surface area contributed by atoms with Crippen molar-refractivity contribution in [1.82, 2.24) is 0 Å². The van der Waals surface area contributed by atoms with Gasteiger partial charge in [0.05, 0.1) is 12.7 Å². The molecule has 0 aliphatic carbocycles. The molecule has 0 saturated heterocycles. The van der Waals surface area contributed by atoms with Gasteiger partial charge in [0.25, 0.3) is 0 Å². The third-order valence-corrected chi connectivity index (χ3v) is 1.97. The van der Waals surface area contributed by atoms with Gasteiger partial charge in [0.1, 0.15) is 0 Å². The number of hydrogen-bond donors (Lipinski definition) is 1. The molecule has 0 heterocycles. The lowest BCUT2D eigenvalue weighted by Crippen LogP contribution is -2.31. The topological polar surface area (TPSA) is 44.5 Å². The minimum atomic E-state index is 0.0692. The van der Waals surface area contributed by atoms with Gasteiger partial charge < -0.3 is 15.2 Å². The number of nitrogens with two attached hydrogens (primary N) is 1. The molecule has 2 unspecified atom stereocenters. The smallest absolute Gasteiger partial charge is 0.0614 e. The highest BCUT2D eigenvalue weighted by Gasteiger charge is 2.11. The van der Waals surface area contributed by atoms with E-state index in [1.165, 1.54) is 0 Å². The Morgan fingerprint density at radius 1 is 1.46 bits per heavy atom. The van der Waals surface area contributed by atoms with Crippen LogP contribution >= 0.6 is 0 Å². The maximum atomic E-state index is 5.80. The molecule has 3 nitrogen and oxygen atoms in total. The van der Waals surface area contributed by atoms with E-state index in [2.05, 4.69) is 6.58 Å². The Hall–Kier alpha value is -0.380. The van der Waals surface area contributed by atoms with Crippen molar-refractivity contribution >= 4 is 0 Å². The van der Waals surface area contributed by atoms with E-state index in [9.17, 15) is 0 Å². The number of hydrogen-bond acceptors (Lipinski definition) is 3. The number of ether oxygens (including phenoxy) is 2. The molecule has 0 aromatic rings. The van der Waals surface area contributed by atoms with E-state index in [0.717, 1.165) is 19.3 Å². The molecule has 3 heteroatoms. The lowest BCUT2D eigenvalue weighted by atomic mass is 10.1. The predicted octanol–water partition coefficient (Wildman–Crippen LogP) is 1.33. The van der Waals surface area contributed by atoms with Crippen LogP contribution in [0, 0.1) is 0 Å².